The van der Waals surface area contributed by atoms with Crippen molar-refractivity contribution >= 4 is 33.4 Å². The van der Waals surface area contributed by atoms with Gasteiger partial charge in [0.25, 0.3) is 5.91 Å². The van der Waals surface area contributed by atoms with Gasteiger partial charge in [-0.05, 0) is 42.8 Å². The number of amides is 2. The van der Waals surface area contributed by atoms with E-state index in [0.717, 1.165) is 6.26 Å². The van der Waals surface area contributed by atoms with Gasteiger partial charge in [-0.3, -0.25) is 14.6 Å². The van der Waals surface area contributed by atoms with Crippen molar-refractivity contribution < 1.29 is 18.0 Å². The lowest BCUT2D eigenvalue weighted by Crippen LogP contribution is -2.51. The fourth-order valence-corrected chi connectivity index (χ4v) is 4.96. The van der Waals surface area contributed by atoms with Gasteiger partial charge in [0.05, 0.1) is 23.7 Å². The largest absolute Gasteiger partial charge is 0.355 e. The molecule has 2 amide bonds. The van der Waals surface area contributed by atoms with Gasteiger partial charge in [-0.1, -0.05) is 18.2 Å². The molecule has 0 spiro atoms. The molecule has 1 N–H and O–H groups in total. The summed E-state index contributed by atoms with van der Waals surface area (Å²) in [6.45, 7) is 5.81. The number of carbonyl (C=O) groups excluding carboxylic acids is 2. The number of nitrogens with zero attached hydrogens (tertiary/aromatic N) is 4. The minimum atomic E-state index is -3.56. The van der Waals surface area contributed by atoms with E-state index in [0.29, 0.717) is 28.2 Å². The van der Waals surface area contributed by atoms with Crippen LogP contribution in [0.15, 0.2) is 36.9 Å². The summed E-state index contributed by atoms with van der Waals surface area (Å²) in [6.07, 6.45) is 2.33. The van der Waals surface area contributed by atoms with Crippen molar-refractivity contribution in [2.24, 2.45) is 0 Å². The van der Waals surface area contributed by atoms with Crippen LogP contribution in [0.5, 0.6) is 0 Å². The SMILES string of the molecule is C=CC(=O)N1CCN(S(C)(=O)=O)[C@@H](c2cc(Cl)nc(-c3cc(C(=O)NC)cc(C)n3)c2)C1. The molecule has 0 unspecified atom stereocenters. The predicted molar refractivity (Wildman–Crippen MR) is 122 cm³/mol. The summed E-state index contributed by atoms with van der Waals surface area (Å²) in [5.74, 6) is -0.549. The lowest BCUT2D eigenvalue weighted by atomic mass is 10.0. The number of aromatic nitrogens is 2. The molecule has 32 heavy (non-hydrogen) atoms. The van der Waals surface area contributed by atoms with Crippen molar-refractivity contribution in [2.45, 2.75) is 13.0 Å². The molecule has 0 aliphatic carbocycles. The van der Waals surface area contributed by atoms with Crippen LogP contribution in [0.4, 0.5) is 0 Å². The second-order valence-corrected chi connectivity index (χ2v) is 9.77. The second kappa shape index (κ2) is 9.35. The minimum absolute atomic E-state index is 0.141. The van der Waals surface area contributed by atoms with E-state index in [1.165, 1.54) is 17.4 Å². The van der Waals surface area contributed by atoms with Crippen molar-refractivity contribution in [2.75, 3.05) is 32.9 Å². The molecular weight excluding hydrogens is 454 g/mol. The first-order valence-corrected chi connectivity index (χ1v) is 12.0. The number of halogens is 1. The maximum absolute atomic E-state index is 12.5. The van der Waals surface area contributed by atoms with Crippen molar-refractivity contribution in [3.8, 4) is 11.4 Å². The smallest absolute Gasteiger partial charge is 0.251 e. The molecule has 1 atom stereocenters. The van der Waals surface area contributed by atoms with Gasteiger partial charge >= 0.3 is 0 Å². The molecule has 1 saturated heterocycles. The summed E-state index contributed by atoms with van der Waals surface area (Å²) in [5, 5.41) is 2.71. The number of sulfonamides is 1. The Balaban J connectivity index is 2.10. The molecule has 0 saturated carbocycles. The fraction of sp³-hybridized carbons (Fsp3) is 0.333. The number of rotatable bonds is 5. The molecule has 0 radical (unpaired) electrons. The number of hydrogen-bond donors (Lipinski definition) is 1. The zero-order valence-electron chi connectivity index (χ0n) is 18.0. The third-order valence-electron chi connectivity index (χ3n) is 5.15. The van der Waals surface area contributed by atoms with Crippen molar-refractivity contribution in [3.63, 3.8) is 0 Å². The van der Waals surface area contributed by atoms with Gasteiger partial charge < -0.3 is 10.2 Å². The number of carbonyl (C=O) groups is 2. The number of piperazine rings is 1. The number of aryl methyl sites for hydroxylation is 1. The van der Waals surface area contributed by atoms with E-state index >= 15 is 0 Å². The third-order valence-corrected chi connectivity index (χ3v) is 6.63. The maximum atomic E-state index is 12.5. The molecular formula is C21H24ClN5O4S. The van der Waals surface area contributed by atoms with Gasteiger partial charge in [0.2, 0.25) is 15.9 Å². The summed E-state index contributed by atoms with van der Waals surface area (Å²) in [6, 6.07) is 5.85. The topological polar surface area (TPSA) is 113 Å². The Kier molecular flexibility index (Phi) is 6.97. The van der Waals surface area contributed by atoms with Gasteiger partial charge in [-0.15, -0.1) is 0 Å². The van der Waals surface area contributed by atoms with Crippen LogP contribution < -0.4 is 5.32 Å². The van der Waals surface area contributed by atoms with Crippen molar-refractivity contribution in [1.29, 1.82) is 0 Å². The fourth-order valence-electron chi connectivity index (χ4n) is 3.68. The molecule has 0 aromatic carbocycles. The molecule has 3 heterocycles. The number of hydrogen-bond acceptors (Lipinski definition) is 6. The van der Waals surface area contributed by atoms with Crippen LogP contribution >= 0.6 is 11.6 Å². The average Bonchev–Trinajstić information content (AvgIpc) is 2.76. The predicted octanol–water partition coefficient (Wildman–Crippen LogP) is 1.80. The Morgan fingerprint density at radius 3 is 2.50 bits per heavy atom. The molecule has 0 bridgehead atoms. The summed E-state index contributed by atoms with van der Waals surface area (Å²) >= 11 is 6.29. The molecule has 3 rings (SSSR count). The highest BCUT2D eigenvalue weighted by atomic mass is 35.5. The number of nitrogens with one attached hydrogen (secondary N) is 1. The summed E-state index contributed by atoms with van der Waals surface area (Å²) in [4.78, 5) is 34.6. The second-order valence-electron chi connectivity index (χ2n) is 7.45. The van der Waals surface area contributed by atoms with Crippen LogP contribution in [0.3, 0.4) is 0 Å². The zero-order valence-corrected chi connectivity index (χ0v) is 19.6. The molecule has 1 aliphatic heterocycles. The van der Waals surface area contributed by atoms with Gasteiger partial charge in [-0.2, -0.15) is 4.31 Å². The molecule has 9 nitrogen and oxygen atoms in total. The highest BCUT2D eigenvalue weighted by Gasteiger charge is 2.35. The Hall–Kier alpha value is -2.82. The first-order valence-electron chi connectivity index (χ1n) is 9.80. The van der Waals surface area contributed by atoms with E-state index in [-0.39, 0.29) is 36.6 Å². The molecule has 1 aliphatic rings. The highest BCUT2D eigenvalue weighted by Crippen LogP contribution is 2.32. The molecule has 170 valence electrons. The molecule has 2 aromatic heterocycles. The minimum Gasteiger partial charge on any atom is -0.355 e. The standard InChI is InChI=1S/C21H24ClN5O4S/c1-5-20(28)26-6-7-27(32(4,30)31)18(12-26)14-9-17(25-19(22)11-14)16-10-15(21(29)23-3)8-13(2)24-16/h5,8-11,18H,1,6-7,12H2,2-4H3,(H,23,29)/t18-/m1/s1. The van der Waals surface area contributed by atoms with Gasteiger partial charge in [-0.25, -0.2) is 13.4 Å². The Labute approximate surface area is 192 Å². The van der Waals surface area contributed by atoms with Gasteiger partial charge in [0.15, 0.2) is 0 Å². The van der Waals surface area contributed by atoms with E-state index in [1.54, 1.807) is 36.1 Å². The van der Waals surface area contributed by atoms with E-state index in [2.05, 4.69) is 21.9 Å². The van der Waals surface area contributed by atoms with Crippen molar-refractivity contribution in [1.82, 2.24) is 24.5 Å². The first kappa shape index (κ1) is 23.8. The van der Waals surface area contributed by atoms with Gasteiger partial charge in [0, 0.05) is 37.9 Å². The Bertz CT molecular complexity index is 1180. The van der Waals surface area contributed by atoms with Crippen LogP contribution in [-0.2, 0) is 14.8 Å². The van der Waals surface area contributed by atoms with Crippen molar-refractivity contribution in [3.05, 3.63) is 58.9 Å². The highest BCUT2D eigenvalue weighted by molar-refractivity contribution is 7.88. The van der Waals surface area contributed by atoms with E-state index in [9.17, 15) is 18.0 Å². The van der Waals surface area contributed by atoms with E-state index < -0.39 is 16.1 Å². The lowest BCUT2D eigenvalue weighted by molar-refractivity contribution is -0.128. The zero-order chi connectivity index (χ0) is 23.6. The Morgan fingerprint density at radius 1 is 1.19 bits per heavy atom. The average molecular weight is 478 g/mol. The lowest BCUT2D eigenvalue weighted by Gasteiger charge is -2.40. The van der Waals surface area contributed by atoms with Crippen LogP contribution in [0.2, 0.25) is 5.15 Å². The first-order chi connectivity index (χ1) is 15.0. The summed E-state index contributed by atoms with van der Waals surface area (Å²) < 4.78 is 26.2. The molecule has 2 aromatic rings. The maximum Gasteiger partial charge on any atom is 0.251 e. The van der Waals surface area contributed by atoms with Gasteiger partial charge in [0.1, 0.15) is 5.15 Å². The monoisotopic (exact) mass is 477 g/mol. The van der Waals surface area contributed by atoms with Crippen LogP contribution in [0.25, 0.3) is 11.4 Å². The summed E-state index contributed by atoms with van der Waals surface area (Å²) in [5.41, 5.74) is 2.41. The summed E-state index contributed by atoms with van der Waals surface area (Å²) in [7, 11) is -2.03. The molecule has 11 heteroatoms. The van der Waals surface area contributed by atoms with E-state index in [4.69, 9.17) is 11.6 Å². The van der Waals surface area contributed by atoms with Crippen LogP contribution in [0.1, 0.15) is 27.7 Å². The normalized spacial score (nSPS) is 17.1. The quantitative estimate of drug-likeness (QED) is 0.519. The van der Waals surface area contributed by atoms with E-state index in [1.807, 2.05) is 0 Å². The van der Waals surface area contributed by atoms with Crippen LogP contribution in [-0.4, -0.2) is 72.3 Å². The number of pyridine rings is 2. The van der Waals surface area contributed by atoms with Crippen LogP contribution in [0, 0.1) is 6.92 Å². The third kappa shape index (κ3) is 5.14. The molecule has 1 fully saturated rings. The Morgan fingerprint density at radius 2 is 1.88 bits per heavy atom.